The summed E-state index contributed by atoms with van der Waals surface area (Å²) in [6.45, 7) is 3.90. The topological polar surface area (TPSA) is 116 Å². The molecule has 0 fully saturated rings. The summed E-state index contributed by atoms with van der Waals surface area (Å²) in [5, 5.41) is 9.06. The van der Waals surface area contributed by atoms with E-state index in [1.165, 1.54) is 0 Å². The largest absolute Gasteiger partial charge is 0.326 e. The third-order valence-electron chi connectivity index (χ3n) is 5.17. The van der Waals surface area contributed by atoms with Crippen LogP contribution in [0.2, 0.25) is 10.0 Å². The Morgan fingerprint density at radius 1 is 1.03 bits per heavy atom. The number of hydrogen-bond donors (Lipinski definition) is 4. The first-order valence-corrected chi connectivity index (χ1v) is 10.5. The predicted molar refractivity (Wildman–Crippen MR) is 125 cm³/mol. The number of H-pyrrole nitrogens is 1. The predicted octanol–water partition coefficient (Wildman–Crippen LogP) is 4.50. The lowest BCUT2D eigenvalue weighted by molar-refractivity contribution is -0.123. The molecule has 0 saturated heterocycles. The number of carbonyl (C=O) groups is 2. The van der Waals surface area contributed by atoms with Gasteiger partial charge in [0.05, 0.1) is 11.5 Å². The van der Waals surface area contributed by atoms with Crippen LogP contribution in [0.5, 0.6) is 0 Å². The lowest BCUT2D eigenvalue weighted by Gasteiger charge is -2.23. The van der Waals surface area contributed by atoms with Crippen molar-refractivity contribution >= 4 is 58.2 Å². The zero-order valence-corrected chi connectivity index (χ0v) is 18.7. The Labute approximate surface area is 193 Å². The van der Waals surface area contributed by atoms with Gasteiger partial charge in [0.2, 0.25) is 17.8 Å². The Balaban J connectivity index is 1.64. The molecule has 1 atom stereocenters. The first-order chi connectivity index (χ1) is 15.2. The van der Waals surface area contributed by atoms with E-state index in [1.807, 2.05) is 26.0 Å². The van der Waals surface area contributed by atoms with Crippen LogP contribution in [0, 0.1) is 13.8 Å². The summed E-state index contributed by atoms with van der Waals surface area (Å²) in [6, 6.07) is 10.3. The van der Waals surface area contributed by atoms with Crippen molar-refractivity contribution in [1.82, 2.24) is 9.97 Å². The molecule has 1 aliphatic rings. The van der Waals surface area contributed by atoms with Gasteiger partial charge < -0.3 is 16.0 Å². The molecule has 4 N–H and O–H groups in total. The minimum Gasteiger partial charge on any atom is -0.326 e. The number of amides is 2. The SMILES string of the molecule is Cc1ccc(NC(=O)[C@@H]2CC(=O)Nc3nc(Nc4cc(Cl)cc(Cl)c4)[nH]c(=O)c32)cc1C. The molecule has 0 bridgehead atoms. The normalized spacial score (nSPS) is 15.0. The lowest BCUT2D eigenvalue weighted by Crippen LogP contribution is -2.36. The van der Waals surface area contributed by atoms with Crippen molar-refractivity contribution < 1.29 is 9.59 Å². The fraction of sp³-hybridized carbons (Fsp3) is 0.182. The number of anilines is 4. The van der Waals surface area contributed by atoms with Crippen LogP contribution in [0.25, 0.3) is 0 Å². The van der Waals surface area contributed by atoms with E-state index in [4.69, 9.17) is 23.2 Å². The first-order valence-electron chi connectivity index (χ1n) is 9.75. The second kappa shape index (κ2) is 8.64. The Kier molecular flexibility index (Phi) is 5.90. The van der Waals surface area contributed by atoms with Crippen molar-refractivity contribution in [3.63, 3.8) is 0 Å². The van der Waals surface area contributed by atoms with Crippen molar-refractivity contribution in [3.05, 3.63) is 73.5 Å². The summed E-state index contributed by atoms with van der Waals surface area (Å²) in [5.41, 5.74) is 2.75. The molecule has 164 valence electrons. The zero-order chi connectivity index (χ0) is 23.0. The van der Waals surface area contributed by atoms with Gasteiger partial charge in [-0.3, -0.25) is 19.4 Å². The highest BCUT2D eigenvalue weighted by molar-refractivity contribution is 6.35. The molecule has 2 amide bonds. The van der Waals surface area contributed by atoms with Gasteiger partial charge >= 0.3 is 0 Å². The summed E-state index contributed by atoms with van der Waals surface area (Å²) in [5.74, 6) is -1.75. The molecule has 8 nitrogen and oxygen atoms in total. The van der Waals surface area contributed by atoms with E-state index in [9.17, 15) is 14.4 Å². The van der Waals surface area contributed by atoms with Crippen LogP contribution in [-0.2, 0) is 9.59 Å². The number of hydrogen-bond acceptors (Lipinski definition) is 5. The van der Waals surface area contributed by atoms with Gasteiger partial charge in [-0.1, -0.05) is 29.3 Å². The molecule has 0 spiro atoms. The van der Waals surface area contributed by atoms with Gasteiger partial charge in [0.25, 0.3) is 5.56 Å². The molecule has 32 heavy (non-hydrogen) atoms. The summed E-state index contributed by atoms with van der Waals surface area (Å²) >= 11 is 12.0. The van der Waals surface area contributed by atoms with Crippen LogP contribution in [0.3, 0.4) is 0 Å². The van der Waals surface area contributed by atoms with Gasteiger partial charge in [0, 0.05) is 27.8 Å². The highest BCUT2D eigenvalue weighted by Crippen LogP contribution is 2.31. The molecule has 2 aromatic carbocycles. The maximum Gasteiger partial charge on any atom is 0.258 e. The van der Waals surface area contributed by atoms with E-state index in [2.05, 4.69) is 25.9 Å². The van der Waals surface area contributed by atoms with Crippen molar-refractivity contribution in [1.29, 1.82) is 0 Å². The van der Waals surface area contributed by atoms with E-state index >= 15 is 0 Å². The fourth-order valence-electron chi connectivity index (χ4n) is 3.47. The van der Waals surface area contributed by atoms with Crippen LogP contribution in [0.15, 0.2) is 41.2 Å². The Hall–Kier alpha value is -3.36. The van der Waals surface area contributed by atoms with Crippen LogP contribution < -0.4 is 21.5 Å². The molecule has 1 aromatic heterocycles. The highest BCUT2D eigenvalue weighted by Gasteiger charge is 2.34. The Morgan fingerprint density at radius 2 is 1.75 bits per heavy atom. The van der Waals surface area contributed by atoms with E-state index in [0.29, 0.717) is 21.4 Å². The minimum absolute atomic E-state index is 0.0286. The van der Waals surface area contributed by atoms with Crippen LogP contribution >= 0.6 is 23.2 Å². The molecular formula is C22H19Cl2N5O3. The molecule has 0 unspecified atom stereocenters. The lowest BCUT2D eigenvalue weighted by atomic mass is 9.92. The van der Waals surface area contributed by atoms with Crippen LogP contribution in [0.1, 0.15) is 29.0 Å². The number of aromatic amines is 1. The van der Waals surface area contributed by atoms with Crippen molar-refractivity contribution in [2.45, 2.75) is 26.2 Å². The van der Waals surface area contributed by atoms with Gasteiger partial charge in [-0.25, -0.2) is 0 Å². The summed E-state index contributed by atoms with van der Waals surface area (Å²) < 4.78 is 0. The maximum absolute atomic E-state index is 13.0. The van der Waals surface area contributed by atoms with E-state index in [-0.39, 0.29) is 23.8 Å². The van der Waals surface area contributed by atoms with Gasteiger partial charge in [-0.15, -0.1) is 0 Å². The molecular weight excluding hydrogens is 453 g/mol. The number of nitrogens with one attached hydrogen (secondary N) is 4. The number of nitrogens with zero attached hydrogens (tertiary/aromatic N) is 1. The summed E-state index contributed by atoms with van der Waals surface area (Å²) in [4.78, 5) is 45.0. The number of rotatable bonds is 4. The van der Waals surface area contributed by atoms with Crippen molar-refractivity contribution in [2.24, 2.45) is 0 Å². The molecule has 2 heterocycles. The molecule has 0 radical (unpaired) electrons. The smallest absolute Gasteiger partial charge is 0.258 e. The maximum atomic E-state index is 13.0. The fourth-order valence-corrected chi connectivity index (χ4v) is 3.99. The molecule has 0 aliphatic carbocycles. The molecule has 0 saturated carbocycles. The van der Waals surface area contributed by atoms with Gasteiger partial charge in [0.15, 0.2) is 0 Å². The molecule has 4 rings (SSSR count). The third kappa shape index (κ3) is 4.61. The average Bonchev–Trinajstić information content (AvgIpc) is 2.69. The molecule has 1 aliphatic heterocycles. The van der Waals surface area contributed by atoms with Crippen LogP contribution in [-0.4, -0.2) is 21.8 Å². The van der Waals surface area contributed by atoms with Gasteiger partial charge in [-0.05, 0) is 55.3 Å². The van der Waals surface area contributed by atoms with Gasteiger partial charge in [0.1, 0.15) is 5.82 Å². The minimum atomic E-state index is -0.980. The first kappa shape index (κ1) is 21.9. The average molecular weight is 472 g/mol. The molecule has 10 heteroatoms. The number of halogens is 2. The quantitative estimate of drug-likeness (QED) is 0.446. The number of carbonyl (C=O) groups excluding carboxylic acids is 2. The van der Waals surface area contributed by atoms with Crippen molar-refractivity contribution in [2.75, 3.05) is 16.0 Å². The van der Waals surface area contributed by atoms with E-state index < -0.39 is 23.3 Å². The van der Waals surface area contributed by atoms with Crippen LogP contribution in [0.4, 0.5) is 23.1 Å². The Morgan fingerprint density at radius 3 is 2.44 bits per heavy atom. The number of fused-ring (bicyclic) bond motifs is 1. The second-order valence-corrected chi connectivity index (χ2v) is 8.43. The monoisotopic (exact) mass is 471 g/mol. The summed E-state index contributed by atoms with van der Waals surface area (Å²) in [6.07, 6.45) is -0.162. The second-order valence-electron chi connectivity index (χ2n) is 7.55. The number of aryl methyl sites for hydroxylation is 2. The van der Waals surface area contributed by atoms with Gasteiger partial charge in [-0.2, -0.15) is 4.98 Å². The number of aromatic nitrogens is 2. The zero-order valence-electron chi connectivity index (χ0n) is 17.2. The molecule has 3 aromatic rings. The standard InChI is InChI=1S/C22H19Cl2N5O3/c1-10-3-4-14(5-11(10)2)25-20(31)16-9-17(30)27-19-18(16)21(32)29-22(28-19)26-15-7-12(23)6-13(24)8-15/h3-8,16H,9H2,1-2H3,(H,25,31)(H3,26,27,28,29,30,32)/t16-/m1/s1. The van der Waals surface area contributed by atoms with E-state index in [0.717, 1.165) is 11.1 Å². The van der Waals surface area contributed by atoms with E-state index in [1.54, 1.807) is 24.3 Å². The van der Waals surface area contributed by atoms with Crippen molar-refractivity contribution in [3.8, 4) is 0 Å². The highest BCUT2D eigenvalue weighted by atomic mass is 35.5. The third-order valence-corrected chi connectivity index (χ3v) is 5.60. The Bertz CT molecular complexity index is 1280. The summed E-state index contributed by atoms with van der Waals surface area (Å²) in [7, 11) is 0. The number of benzene rings is 2.